The predicted octanol–water partition coefficient (Wildman–Crippen LogP) is 3.47. The molecule has 4 nitrogen and oxygen atoms in total. The fourth-order valence-corrected chi connectivity index (χ4v) is 2.07. The number of aryl methyl sites for hydroxylation is 2. The van der Waals surface area contributed by atoms with E-state index in [1.807, 2.05) is 27.0 Å². The van der Waals surface area contributed by atoms with Crippen molar-refractivity contribution < 1.29 is 9.13 Å². The summed E-state index contributed by atoms with van der Waals surface area (Å²) < 4.78 is 21.6. The number of nitrogens with zero attached hydrogens (tertiary/aromatic N) is 2. The number of ether oxygens (including phenoxy) is 1. The number of hydrogen-bond acceptors (Lipinski definition) is 3. The van der Waals surface area contributed by atoms with E-state index in [1.165, 1.54) is 6.07 Å². The molecule has 0 fully saturated rings. The molecule has 5 heteroatoms. The van der Waals surface area contributed by atoms with E-state index in [-0.39, 0.29) is 11.6 Å². The molecule has 0 spiro atoms. The topological polar surface area (TPSA) is 39.1 Å². The van der Waals surface area contributed by atoms with E-state index in [4.69, 9.17) is 4.74 Å². The quantitative estimate of drug-likeness (QED) is 0.917. The number of halogens is 1. The normalized spacial score (nSPS) is 11.2. The lowest BCUT2D eigenvalue weighted by Gasteiger charge is -2.11. The Balaban J connectivity index is 2.17. The molecule has 2 aromatic rings. The summed E-state index contributed by atoms with van der Waals surface area (Å²) >= 11 is 0. The van der Waals surface area contributed by atoms with Crippen LogP contribution in [-0.4, -0.2) is 15.8 Å². The molecule has 0 bridgehead atoms. The van der Waals surface area contributed by atoms with E-state index < -0.39 is 0 Å². The van der Waals surface area contributed by atoms with Crippen molar-refractivity contribution in [2.75, 3.05) is 0 Å². The minimum atomic E-state index is -0.360. The molecule has 0 aliphatic rings. The van der Waals surface area contributed by atoms with Gasteiger partial charge < -0.3 is 10.1 Å². The van der Waals surface area contributed by atoms with Crippen LogP contribution in [0.3, 0.4) is 0 Å². The van der Waals surface area contributed by atoms with Crippen LogP contribution in [0.25, 0.3) is 0 Å². The van der Waals surface area contributed by atoms with E-state index in [9.17, 15) is 4.39 Å². The van der Waals surface area contributed by atoms with E-state index in [1.54, 1.807) is 10.7 Å². The molecular formula is C16H22FN3O. The summed E-state index contributed by atoms with van der Waals surface area (Å²) in [5.74, 6) is 0.479. The zero-order valence-corrected chi connectivity index (χ0v) is 13.2. The maximum atomic E-state index is 14.2. The Labute approximate surface area is 124 Å². The fourth-order valence-electron chi connectivity index (χ4n) is 2.07. The third kappa shape index (κ3) is 3.61. The third-order valence-corrected chi connectivity index (χ3v) is 3.37. The first kappa shape index (κ1) is 15.5. The van der Waals surface area contributed by atoms with Crippen molar-refractivity contribution in [1.82, 2.24) is 15.1 Å². The Bertz CT molecular complexity index is 635. The van der Waals surface area contributed by atoms with E-state index in [0.717, 1.165) is 17.0 Å². The summed E-state index contributed by atoms with van der Waals surface area (Å²) in [7, 11) is 1.84. The van der Waals surface area contributed by atoms with Crippen LogP contribution in [0, 0.1) is 19.7 Å². The predicted molar refractivity (Wildman–Crippen MR) is 81.1 cm³/mol. The molecule has 1 heterocycles. The molecule has 2 rings (SSSR count). The molecule has 0 unspecified atom stereocenters. The molecule has 21 heavy (non-hydrogen) atoms. The number of nitrogens with one attached hydrogen (secondary N) is 1. The zero-order valence-electron chi connectivity index (χ0n) is 13.2. The first-order valence-corrected chi connectivity index (χ1v) is 7.08. The first-order valence-electron chi connectivity index (χ1n) is 7.08. The van der Waals surface area contributed by atoms with Crippen LogP contribution in [0.1, 0.15) is 30.8 Å². The van der Waals surface area contributed by atoms with E-state index >= 15 is 0 Å². The second-order valence-electron chi connectivity index (χ2n) is 5.53. The largest absolute Gasteiger partial charge is 0.450 e. The van der Waals surface area contributed by atoms with Gasteiger partial charge in [0.05, 0.1) is 5.69 Å². The fraction of sp³-hybridized carbons (Fsp3) is 0.438. The summed E-state index contributed by atoms with van der Waals surface area (Å²) in [5.41, 5.74) is 2.52. The van der Waals surface area contributed by atoms with Crippen molar-refractivity contribution in [2.24, 2.45) is 7.05 Å². The lowest BCUT2D eigenvalue weighted by atomic mass is 10.2. The van der Waals surface area contributed by atoms with Gasteiger partial charge in [0.25, 0.3) is 0 Å². The number of hydrogen-bond donors (Lipinski definition) is 1. The highest BCUT2D eigenvalue weighted by Crippen LogP contribution is 2.30. The van der Waals surface area contributed by atoms with Crippen molar-refractivity contribution in [1.29, 1.82) is 0 Å². The molecule has 0 aliphatic carbocycles. The Hall–Kier alpha value is -1.88. The number of rotatable bonds is 5. The van der Waals surface area contributed by atoms with Crippen molar-refractivity contribution in [3.05, 3.63) is 41.0 Å². The standard InChI is InChI=1S/C16H22FN3O/c1-10(2)18-9-13-6-7-15(14(17)8-13)21-16-11(3)19-20(5)12(16)4/h6-8,10,18H,9H2,1-5H3. The van der Waals surface area contributed by atoms with Gasteiger partial charge in [0.2, 0.25) is 0 Å². The molecule has 1 aromatic heterocycles. The Morgan fingerprint density at radius 3 is 2.57 bits per heavy atom. The van der Waals surface area contributed by atoms with Crippen molar-refractivity contribution >= 4 is 0 Å². The maximum Gasteiger partial charge on any atom is 0.171 e. The molecule has 0 radical (unpaired) electrons. The summed E-state index contributed by atoms with van der Waals surface area (Å²) in [6.07, 6.45) is 0. The third-order valence-electron chi connectivity index (χ3n) is 3.37. The van der Waals surface area contributed by atoms with Gasteiger partial charge >= 0.3 is 0 Å². The monoisotopic (exact) mass is 291 g/mol. The highest BCUT2D eigenvalue weighted by molar-refractivity contribution is 5.39. The summed E-state index contributed by atoms with van der Waals surface area (Å²) in [6, 6.07) is 5.41. The maximum absolute atomic E-state index is 14.2. The lowest BCUT2D eigenvalue weighted by Crippen LogP contribution is -2.21. The van der Waals surface area contributed by atoms with Gasteiger partial charge in [0.1, 0.15) is 5.69 Å². The summed E-state index contributed by atoms with van der Waals surface area (Å²) in [4.78, 5) is 0. The van der Waals surface area contributed by atoms with Gasteiger partial charge in [-0.3, -0.25) is 4.68 Å². The van der Waals surface area contributed by atoms with Gasteiger partial charge in [-0.2, -0.15) is 5.10 Å². The van der Waals surface area contributed by atoms with E-state index in [2.05, 4.69) is 24.3 Å². The lowest BCUT2D eigenvalue weighted by molar-refractivity contribution is 0.435. The number of benzene rings is 1. The molecule has 0 saturated heterocycles. The Morgan fingerprint density at radius 1 is 1.33 bits per heavy atom. The summed E-state index contributed by atoms with van der Waals surface area (Å²) in [6.45, 7) is 8.50. The van der Waals surface area contributed by atoms with Gasteiger partial charge in [-0.1, -0.05) is 19.9 Å². The van der Waals surface area contributed by atoms with Gasteiger partial charge in [0.15, 0.2) is 17.3 Å². The highest BCUT2D eigenvalue weighted by Gasteiger charge is 2.14. The first-order chi connectivity index (χ1) is 9.88. The van der Waals surface area contributed by atoms with Crippen LogP contribution < -0.4 is 10.1 Å². The number of aromatic nitrogens is 2. The molecule has 0 atom stereocenters. The average molecular weight is 291 g/mol. The molecule has 0 aliphatic heterocycles. The molecule has 0 amide bonds. The molecule has 1 aromatic carbocycles. The molecule has 114 valence electrons. The van der Waals surface area contributed by atoms with Crippen LogP contribution in [0.15, 0.2) is 18.2 Å². The van der Waals surface area contributed by atoms with Crippen molar-refractivity contribution in [2.45, 2.75) is 40.3 Å². The van der Waals surface area contributed by atoms with Crippen molar-refractivity contribution in [3.8, 4) is 11.5 Å². The molecular weight excluding hydrogens is 269 g/mol. The van der Waals surface area contributed by atoms with Crippen LogP contribution in [0.4, 0.5) is 4.39 Å². The Kier molecular flexibility index (Phi) is 4.63. The van der Waals surface area contributed by atoms with Gasteiger partial charge in [-0.25, -0.2) is 4.39 Å². The molecule has 1 N–H and O–H groups in total. The summed E-state index contributed by atoms with van der Waals surface area (Å²) in [5, 5.41) is 7.52. The molecule has 0 saturated carbocycles. The average Bonchev–Trinajstić information content (AvgIpc) is 2.65. The van der Waals surface area contributed by atoms with Gasteiger partial charge in [0, 0.05) is 19.6 Å². The van der Waals surface area contributed by atoms with E-state index in [0.29, 0.717) is 18.3 Å². The Morgan fingerprint density at radius 2 is 2.05 bits per heavy atom. The van der Waals surface area contributed by atoms with Crippen LogP contribution >= 0.6 is 0 Å². The zero-order chi connectivity index (χ0) is 15.6. The van der Waals surface area contributed by atoms with Crippen molar-refractivity contribution in [3.63, 3.8) is 0 Å². The minimum absolute atomic E-state index is 0.225. The SMILES string of the molecule is Cc1nn(C)c(C)c1Oc1ccc(CNC(C)C)cc1F. The highest BCUT2D eigenvalue weighted by atomic mass is 19.1. The second-order valence-corrected chi connectivity index (χ2v) is 5.53. The smallest absolute Gasteiger partial charge is 0.171 e. The van der Waals surface area contributed by atoms with Gasteiger partial charge in [-0.05, 0) is 31.5 Å². The van der Waals surface area contributed by atoms with Crippen LogP contribution in [0.2, 0.25) is 0 Å². The van der Waals surface area contributed by atoms with Crippen LogP contribution in [-0.2, 0) is 13.6 Å². The van der Waals surface area contributed by atoms with Crippen LogP contribution in [0.5, 0.6) is 11.5 Å². The minimum Gasteiger partial charge on any atom is -0.450 e. The second kappa shape index (κ2) is 6.26. The van der Waals surface area contributed by atoms with Gasteiger partial charge in [-0.15, -0.1) is 0 Å².